The molecule has 8 heteroatoms. The molecule has 2 aromatic rings. The van der Waals surface area contributed by atoms with E-state index in [0.29, 0.717) is 24.8 Å². The highest BCUT2D eigenvalue weighted by Gasteiger charge is 2.33. The Kier molecular flexibility index (Phi) is 6.22. The van der Waals surface area contributed by atoms with Crippen molar-refractivity contribution in [2.75, 3.05) is 20.2 Å². The van der Waals surface area contributed by atoms with Gasteiger partial charge in [-0.25, -0.2) is 8.42 Å². The van der Waals surface area contributed by atoms with Gasteiger partial charge in [0.05, 0.1) is 7.11 Å². The Balaban J connectivity index is 1.41. The molecule has 0 radical (unpaired) electrons. The molecule has 158 valence electrons. The topological polar surface area (TPSA) is 72.4 Å². The van der Waals surface area contributed by atoms with Crippen LogP contribution in [0.3, 0.4) is 0 Å². The van der Waals surface area contributed by atoms with Crippen LogP contribution in [0.4, 0.5) is 0 Å². The van der Waals surface area contributed by atoms with Crippen molar-refractivity contribution in [3.8, 4) is 5.75 Å². The monoisotopic (exact) mass is 435 g/mol. The van der Waals surface area contributed by atoms with Gasteiger partial charge in [0.15, 0.2) is 0 Å². The van der Waals surface area contributed by atoms with E-state index < -0.39 is 10.0 Å². The number of methoxy groups -OCH3 is 1. The lowest BCUT2D eigenvalue weighted by Crippen LogP contribution is -2.38. The van der Waals surface area contributed by atoms with E-state index in [1.54, 1.807) is 27.8 Å². The minimum absolute atomic E-state index is 0.258. The number of aryl methyl sites for hydroxylation is 1. The molecule has 2 heterocycles. The number of benzene rings is 1. The summed E-state index contributed by atoms with van der Waals surface area (Å²) in [6.45, 7) is 2.90. The van der Waals surface area contributed by atoms with E-state index in [9.17, 15) is 8.42 Å². The highest BCUT2D eigenvalue weighted by Crippen LogP contribution is 2.36. The fourth-order valence-corrected chi connectivity index (χ4v) is 7.28. The summed E-state index contributed by atoms with van der Waals surface area (Å²) < 4.78 is 33.2. The molecule has 0 atom stereocenters. The first-order chi connectivity index (χ1) is 14.0. The van der Waals surface area contributed by atoms with Gasteiger partial charge in [-0.15, -0.1) is 21.5 Å². The van der Waals surface area contributed by atoms with Gasteiger partial charge in [0.25, 0.3) is 0 Å². The van der Waals surface area contributed by atoms with Crippen molar-refractivity contribution in [2.45, 2.75) is 62.7 Å². The molecule has 1 saturated heterocycles. The molecular formula is C21H29N3O3S2. The minimum Gasteiger partial charge on any atom is -0.495 e. The Labute approximate surface area is 177 Å². The van der Waals surface area contributed by atoms with Crippen LogP contribution in [-0.2, 0) is 16.4 Å². The molecule has 1 aromatic heterocycles. The molecule has 2 aliphatic rings. The summed E-state index contributed by atoms with van der Waals surface area (Å²) >= 11 is 1.73. The standard InChI is InChI=1S/C21H29N3O3S2/c1-15-7-8-18(27-2)19(13-15)29(25,26)24-11-9-17(10-12-24)21-23-22-20(28-21)14-16-5-3-4-6-16/h7-8,13,16-17H,3-6,9-12,14H2,1-2H3. The molecule has 4 rings (SSSR count). The van der Waals surface area contributed by atoms with Gasteiger partial charge in [-0.1, -0.05) is 31.7 Å². The predicted molar refractivity (Wildman–Crippen MR) is 114 cm³/mol. The molecule has 0 unspecified atom stereocenters. The SMILES string of the molecule is COc1ccc(C)cc1S(=O)(=O)N1CCC(c2nnc(CC3CCCC3)s2)CC1. The van der Waals surface area contributed by atoms with E-state index in [1.165, 1.54) is 32.8 Å². The highest BCUT2D eigenvalue weighted by molar-refractivity contribution is 7.89. The van der Waals surface area contributed by atoms with Crippen molar-refractivity contribution in [1.29, 1.82) is 0 Å². The lowest BCUT2D eigenvalue weighted by molar-refractivity contribution is 0.316. The Morgan fingerprint density at radius 1 is 1.14 bits per heavy atom. The van der Waals surface area contributed by atoms with Gasteiger partial charge >= 0.3 is 0 Å². The summed E-state index contributed by atoms with van der Waals surface area (Å²) in [4.78, 5) is 0.258. The normalized spacial score (nSPS) is 19.7. The second-order valence-electron chi connectivity index (χ2n) is 8.22. The number of piperidine rings is 1. The van der Waals surface area contributed by atoms with Crippen LogP contribution in [0.25, 0.3) is 0 Å². The van der Waals surface area contributed by atoms with Crippen molar-refractivity contribution in [2.24, 2.45) is 5.92 Å². The van der Waals surface area contributed by atoms with Gasteiger partial charge in [-0.05, 0) is 43.4 Å². The number of aromatic nitrogens is 2. The summed E-state index contributed by atoms with van der Waals surface area (Å²) in [7, 11) is -2.06. The molecule has 1 aliphatic heterocycles. The molecule has 6 nitrogen and oxygen atoms in total. The van der Waals surface area contributed by atoms with E-state index in [0.717, 1.165) is 40.8 Å². The number of hydrogen-bond acceptors (Lipinski definition) is 6. The van der Waals surface area contributed by atoms with Gasteiger partial charge in [-0.3, -0.25) is 0 Å². The van der Waals surface area contributed by atoms with Crippen LogP contribution in [0.5, 0.6) is 5.75 Å². The molecule has 2 fully saturated rings. The van der Waals surface area contributed by atoms with Crippen molar-refractivity contribution in [1.82, 2.24) is 14.5 Å². The van der Waals surface area contributed by atoms with E-state index in [1.807, 2.05) is 13.0 Å². The van der Waals surface area contributed by atoms with E-state index in [-0.39, 0.29) is 4.90 Å². The zero-order valence-corrected chi connectivity index (χ0v) is 18.8. The van der Waals surface area contributed by atoms with Crippen LogP contribution in [0.1, 0.15) is 60.0 Å². The Morgan fingerprint density at radius 3 is 2.55 bits per heavy atom. The molecule has 0 N–H and O–H groups in total. The van der Waals surface area contributed by atoms with Gasteiger partial charge in [-0.2, -0.15) is 4.31 Å². The summed E-state index contributed by atoms with van der Waals surface area (Å²) in [5.41, 5.74) is 0.905. The van der Waals surface area contributed by atoms with Crippen LogP contribution in [0, 0.1) is 12.8 Å². The number of sulfonamides is 1. The first-order valence-corrected chi connectivity index (χ1v) is 12.7. The third-order valence-electron chi connectivity index (χ3n) is 6.16. The zero-order valence-electron chi connectivity index (χ0n) is 17.1. The maximum Gasteiger partial charge on any atom is 0.246 e. The lowest BCUT2D eigenvalue weighted by atomic mass is 9.99. The number of nitrogens with zero attached hydrogens (tertiary/aromatic N) is 3. The first-order valence-electron chi connectivity index (χ1n) is 10.4. The van der Waals surface area contributed by atoms with Crippen molar-refractivity contribution < 1.29 is 13.2 Å². The molecule has 1 aromatic carbocycles. The molecule has 1 saturated carbocycles. The summed E-state index contributed by atoms with van der Waals surface area (Å²) in [6, 6.07) is 5.28. The lowest BCUT2D eigenvalue weighted by Gasteiger charge is -2.30. The van der Waals surface area contributed by atoms with Gasteiger partial charge in [0.1, 0.15) is 20.7 Å². The number of ether oxygens (including phenoxy) is 1. The Hall–Kier alpha value is -1.51. The van der Waals surface area contributed by atoms with Crippen LogP contribution in [-0.4, -0.2) is 43.1 Å². The molecule has 0 bridgehead atoms. The number of hydrogen-bond donors (Lipinski definition) is 0. The Morgan fingerprint density at radius 2 is 1.86 bits per heavy atom. The largest absolute Gasteiger partial charge is 0.495 e. The average Bonchev–Trinajstić information content (AvgIpc) is 3.41. The minimum atomic E-state index is -3.57. The third-order valence-corrected chi connectivity index (χ3v) is 9.19. The third kappa shape index (κ3) is 4.49. The first kappa shape index (κ1) is 20.8. The molecule has 0 amide bonds. The second-order valence-corrected chi connectivity index (χ2v) is 11.2. The second kappa shape index (κ2) is 8.70. The summed E-state index contributed by atoms with van der Waals surface area (Å²) in [5, 5.41) is 11.1. The molecule has 29 heavy (non-hydrogen) atoms. The Bertz CT molecular complexity index is 944. The van der Waals surface area contributed by atoms with Crippen LogP contribution >= 0.6 is 11.3 Å². The van der Waals surface area contributed by atoms with Crippen LogP contribution in [0.15, 0.2) is 23.1 Å². The van der Waals surface area contributed by atoms with Crippen LogP contribution in [0.2, 0.25) is 0 Å². The molecular weight excluding hydrogens is 406 g/mol. The van der Waals surface area contributed by atoms with Crippen molar-refractivity contribution in [3.05, 3.63) is 33.8 Å². The summed E-state index contributed by atoms with van der Waals surface area (Å²) in [5.74, 6) is 1.47. The maximum atomic E-state index is 13.2. The quantitative estimate of drug-likeness (QED) is 0.681. The van der Waals surface area contributed by atoms with E-state index in [4.69, 9.17) is 4.74 Å². The fourth-order valence-electron chi connectivity index (χ4n) is 4.44. The summed E-state index contributed by atoms with van der Waals surface area (Å²) in [6.07, 6.45) is 7.93. The van der Waals surface area contributed by atoms with Gasteiger partial charge < -0.3 is 4.74 Å². The predicted octanol–water partition coefficient (Wildman–Crippen LogP) is 4.16. The smallest absolute Gasteiger partial charge is 0.246 e. The van der Waals surface area contributed by atoms with Crippen molar-refractivity contribution in [3.63, 3.8) is 0 Å². The van der Waals surface area contributed by atoms with Crippen molar-refractivity contribution >= 4 is 21.4 Å². The average molecular weight is 436 g/mol. The van der Waals surface area contributed by atoms with E-state index in [2.05, 4.69) is 10.2 Å². The molecule has 1 aliphatic carbocycles. The van der Waals surface area contributed by atoms with Crippen LogP contribution < -0.4 is 4.74 Å². The molecule has 0 spiro atoms. The maximum absolute atomic E-state index is 13.2. The zero-order chi connectivity index (χ0) is 20.4. The van der Waals surface area contributed by atoms with Gasteiger partial charge in [0, 0.05) is 25.4 Å². The highest BCUT2D eigenvalue weighted by atomic mass is 32.2. The van der Waals surface area contributed by atoms with Gasteiger partial charge in [0.2, 0.25) is 10.0 Å². The number of rotatable bonds is 6. The van der Waals surface area contributed by atoms with E-state index >= 15 is 0 Å². The fraction of sp³-hybridized carbons (Fsp3) is 0.619.